The van der Waals surface area contributed by atoms with Crippen LogP contribution in [-0.2, 0) is 0 Å². The predicted molar refractivity (Wildman–Crippen MR) is 41.9 cm³/mol. The molecule has 2 aliphatic heterocycles. The highest BCUT2D eigenvalue weighted by Gasteiger charge is 2.33. The molecule has 2 fully saturated rings. The van der Waals surface area contributed by atoms with Gasteiger partial charge in [0, 0.05) is 12.6 Å². The normalized spacial score (nSPS) is 47.1. The Morgan fingerprint density at radius 1 is 1.30 bits per heavy atom. The Bertz CT molecular complexity index is 124. The zero-order valence-corrected chi connectivity index (χ0v) is 6.56. The van der Waals surface area contributed by atoms with Gasteiger partial charge in [0.1, 0.15) is 0 Å². The minimum Gasteiger partial charge on any atom is -0.315 e. The monoisotopic (exact) mass is 140 g/mol. The SMILES string of the molecule is CC1CCNC2CNCC12. The van der Waals surface area contributed by atoms with Crippen molar-refractivity contribution in [3.8, 4) is 0 Å². The first-order chi connectivity index (χ1) is 4.88. The molecule has 2 heteroatoms. The molecule has 2 heterocycles. The smallest absolute Gasteiger partial charge is 0.0235 e. The topological polar surface area (TPSA) is 24.1 Å². The Hall–Kier alpha value is -0.0800. The first kappa shape index (κ1) is 6.62. The number of rotatable bonds is 0. The van der Waals surface area contributed by atoms with Crippen LogP contribution in [-0.4, -0.2) is 25.7 Å². The first-order valence-corrected chi connectivity index (χ1v) is 4.32. The molecule has 3 atom stereocenters. The van der Waals surface area contributed by atoms with E-state index in [0.29, 0.717) is 0 Å². The standard InChI is InChI=1S/C8H16N2/c1-6-2-3-10-8-5-9-4-7(6)8/h6-10H,2-5H2,1H3. The van der Waals surface area contributed by atoms with E-state index >= 15 is 0 Å². The molecule has 2 nitrogen and oxygen atoms in total. The van der Waals surface area contributed by atoms with Gasteiger partial charge in [-0.05, 0) is 31.3 Å². The molecular weight excluding hydrogens is 124 g/mol. The van der Waals surface area contributed by atoms with Crippen molar-refractivity contribution >= 4 is 0 Å². The summed E-state index contributed by atoms with van der Waals surface area (Å²) in [6.45, 7) is 6.03. The lowest BCUT2D eigenvalue weighted by atomic mass is 9.84. The van der Waals surface area contributed by atoms with Gasteiger partial charge in [-0.3, -0.25) is 0 Å². The molecule has 0 aromatic heterocycles. The van der Waals surface area contributed by atoms with Crippen LogP contribution in [0.2, 0.25) is 0 Å². The summed E-state index contributed by atoms with van der Waals surface area (Å²) in [6.07, 6.45) is 1.36. The maximum absolute atomic E-state index is 3.55. The lowest BCUT2D eigenvalue weighted by Gasteiger charge is -2.31. The highest BCUT2D eigenvalue weighted by molar-refractivity contribution is 4.92. The van der Waals surface area contributed by atoms with E-state index in [9.17, 15) is 0 Å². The summed E-state index contributed by atoms with van der Waals surface area (Å²) in [5.74, 6) is 1.84. The number of piperidine rings is 1. The van der Waals surface area contributed by atoms with Crippen LogP contribution in [0.4, 0.5) is 0 Å². The van der Waals surface area contributed by atoms with Crippen molar-refractivity contribution in [2.75, 3.05) is 19.6 Å². The Kier molecular flexibility index (Phi) is 1.66. The third-order valence-corrected chi connectivity index (χ3v) is 3.00. The highest BCUT2D eigenvalue weighted by Crippen LogP contribution is 2.25. The van der Waals surface area contributed by atoms with Crippen LogP contribution in [0.25, 0.3) is 0 Å². The van der Waals surface area contributed by atoms with Crippen molar-refractivity contribution in [1.82, 2.24) is 10.6 Å². The molecule has 2 aliphatic rings. The number of fused-ring (bicyclic) bond motifs is 1. The maximum atomic E-state index is 3.55. The molecule has 0 bridgehead atoms. The molecule has 0 aromatic rings. The Labute approximate surface area is 62.4 Å². The van der Waals surface area contributed by atoms with E-state index in [4.69, 9.17) is 0 Å². The van der Waals surface area contributed by atoms with Crippen LogP contribution >= 0.6 is 0 Å². The molecule has 2 N–H and O–H groups in total. The van der Waals surface area contributed by atoms with Gasteiger partial charge < -0.3 is 10.6 Å². The van der Waals surface area contributed by atoms with E-state index in [0.717, 1.165) is 17.9 Å². The van der Waals surface area contributed by atoms with Crippen LogP contribution < -0.4 is 10.6 Å². The van der Waals surface area contributed by atoms with Gasteiger partial charge in [-0.1, -0.05) is 6.92 Å². The fourth-order valence-corrected chi connectivity index (χ4v) is 2.23. The molecular formula is C8H16N2. The molecule has 0 spiro atoms. The zero-order valence-electron chi connectivity index (χ0n) is 6.56. The minimum absolute atomic E-state index is 0.781. The van der Waals surface area contributed by atoms with Crippen LogP contribution in [0.15, 0.2) is 0 Å². The molecule has 2 rings (SSSR count). The molecule has 0 aliphatic carbocycles. The lowest BCUT2D eigenvalue weighted by Crippen LogP contribution is -2.44. The van der Waals surface area contributed by atoms with Gasteiger partial charge >= 0.3 is 0 Å². The van der Waals surface area contributed by atoms with E-state index < -0.39 is 0 Å². The van der Waals surface area contributed by atoms with Crippen LogP contribution in [0.1, 0.15) is 13.3 Å². The van der Waals surface area contributed by atoms with Crippen molar-refractivity contribution in [1.29, 1.82) is 0 Å². The van der Waals surface area contributed by atoms with Crippen molar-refractivity contribution in [3.63, 3.8) is 0 Å². The average Bonchev–Trinajstić information content (AvgIpc) is 2.36. The first-order valence-electron chi connectivity index (χ1n) is 4.32. The van der Waals surface area contributed by atoms with Gasteiger partial charge in [-0.15, -0.1) is 0 Å². The van der Waals surface area contributed by atoms with Crippen LogP contribution in [0.5, 0.6) is 0 Å². The molecule has 0 amide bonds. The lowest BCUT2D eigenvalue weighted by molar-refractivity contribution is 0.249. The van der Waals surface area contributed by atoms with Crippen molar-refractivity contribution in [2.45, 2.75) is 19.4 Å². The maximum Gasteiger partial charge on any atom is 0.0235 e. The molecule has 10 heavy (non-hydrogen) atoms. The van der Waals surface area contributed by atoms with E-state index in [2.05, 4.69) is 17.6 Å². The number of hydrogen-bond acceptors (Lipinski definition) is 2. The fourth-order valence-electron chi connectivity index (χ4n) is 2.23. The molecule has 0 aromatic carbocycles. The molecule has 0 saturated carbocycles. The Morgan fingerprint density at radius 2 is 2.20 bits per heavy atom. The summed E-state index contributed by atoms with van der Waals surface area (Å²) in [4.78, 5) is 0. The van der Waals surface area contributed by atoms with E-state index in [-0.39, 0.29) is 0 Å². The van der Waals surface area contributed by atoms with Crippen LogP contribution in [0, 0.1) is 11.8 Å². The molecule has 58 valence electrons. The van der Waals surface area contributed by atoms with Gasteiger partial charge in [0.2, 0.25) is 0 Å². The zero-order chi connectivity index (χ0) is 6.97. The summed E-state index contributed by atoms with van der Waals surface area (Å²) in [5.41, 5.74) is 0. The second kappa shape index (κ2) is 2.51. The molecule has 2 saturated heterocycles. The van der Waals surface area contributed by atoms with E-state index in [1.54, 1.807) is 0 Å². The summed E-state index contributed by atoms with van der Waals surface area (Å²) >= 11 is 0. The average molecular weight is 140 g/mol. The number of nitrogens with one attached hydrogen (secondary N) is 2. The third kappa shape index (κ3) is 0.956. The summed E-state index contributed by atoms with van der Waals surface area (Å²) < 4.78 is 0. The molecule has 3 unspecified atom stereocenters. The second-order valence-corrected chi connectivity index (χ2v) is 3.65. The summed E-state index contributed by atoms with van der Waals surface area (Å²) in [7, 11) is 0. The van der Waals surface area contributed by atoms with Crippen LogP contribution in [0.3, 0.4) is 0 Å². The van der Waals surface area contributed by atoms with Gasteiger partial charge in [0.25, 0.3) is 0 Å². The summed E-state index contributed by atoms with van der Waals surface area (Å²) in [5, 5.41) is 6.98. The highest BCUT2D eigenvalue weighted by atomic mass is 15.1. The second-order valence-electron chi connectivity index (χ2n) is 3.65. The molecule has 0 radical (unpaired) electrons. The van der Waals surface area contributed by atoms with Gasteiger partial charge in [0.05, 0.1) is 0 Å². The largest absolute Gasteiger partial charge is 0.315 e. The predicted octanol–water partition coefficient (Wildman–Crippen LogP) is 0.204. The summed E-state index contributed by atoms with van der Waals surface area (Å²) in [6, 6.07) is 0.781. The quantitative estimate of drug-likeness (QED) is 0.502. The van der Waals surface area contributed by atoms with Gasteiger partial charge in [-0.2, -0.15) is 0 Å². The minimum atomic E-state index is 0.781. The van der Waals surface area contributed by atoms with Crippen molar-refractivity contribution in [2.24, 2.45) is 11.8 Å². The Balaban J connectivity index is 2.03. The Morgan fingerprint density at radius 3 is 3.00 bits per heavy atom. The fraction of sp³-hybridized carbons (Fsp3) is 1.00. The van der Waals surface area contributed by atoms with Gasteiger partial charge in [-0.25, -0.2) is 0 Å². The van der Waals surface area contributed by atoms with Gasteiger partial charge in [0.15, 0.2) is 0 Å². The van der Waals surface area contributed by atoms with Crippen molar-refractivity contribution < 1.29 is 0 Å². The van der Waals surface area contributed by atoms with Crippen molar-refractivity contribution in [3.05, 3.63) is 0 Å². The third-order valence-electron chi connectivity index (χ3n) is 3.00. The number of hydrogen-bond donors (Lipinski definition) is 2. The van der Waals surface area contributed by atoms with E-state index in [1.807, 2.05) is 0 Å². The van der Waals surface area contributed by atoms with E-state index in [1.165, 1.54) is 26.1 Å².